The summed E-state index contributed by atoms with van der Waals surface area (Å²) in [4.78, 5) is 0.372. The van der Waals surface area contributed by atoms with Crippen LogP contribution in [0.5, 0.6) is 0 Å². The Labute approximate surface area is 116 Å². The number of nitrogens with zero attached hydrogens (tertiary/aromatic N) is 1. The lowest BCUT2D eigenvalue weighted by Crippen LogP contribution is -2.42. The zero-order valence-corrected chi connectivity index (χ0v) is 12.2. The van der Waals surface area contributed by atoms with Crippen LogP contribution in [0.1, 0.15) is 19.3 Å². The lowest BCUT2D eigenvalue weighted by molar-refractivity contribution is 0.341. The Hall–Kier alpha value is -0.650. The van der Waals surface area contributed by atoms with Gasteiger partial charge in [-0.1, -0.05) is 24.3 Å². The van der Waals surface area contributed by atoms with Crippen molar-refractivity contribution < 1.29 is 8.42 Å². The number of halogens is 1. The fraction of sp³-hybridized carbons (Fsp3) is 0.385. The van der Waals surface area contributed by atoms with Crippen LogP contribution in [0, 0.1) is 0 Å². The first kappa shape index (κ1) is 12.4. The Bertz CT molecular complexity index is 597. The minimum Gasteiger partial charge on any atom is -0.207 e. The van der Waals surface area contributed by atoms with Crippen LogP contribution < -0.4 is 0 Å². The van der Waals surface area contributed by atoms with Gasteiger partial charge in [0.15, 0.2) is 0 Å². The molecular weight excluding hydrogens is 314 g/mol. The maximum Gasteiger partial charge on any atom is 0.244 e. The standard InChI is InChI=1S/C13H14BrNO2S/c14-12-6-1-2-7-13(12)18(16,17)15-10-4-3-5-11(15)9-8-10/h1-4,6-7,10-11H,5,8-9H2. The van der Waals surface area contributed by atoms with Crippen LogP contribution in [0.15, 0.2) is 45.8 Å². The molecule has 1 aromatic rings. The Morgan fingerprint density at radius 2 is 2.00 bits per heavy atom. The molecule has 2 atom stereocenters. The van der Waals surface area contributed by atoms with E-state index in [0.717, 1.165) is 19.3 Å². The largest absolute Gasteiger partial charge is 0.244 e. The summed E-state index contributed by atoms with van der Waals surface area (Å²) in [6.45, 7) is 0. The fourth-order valence-corrected chi connectivity index (χ4v) is 5.63. The van der Waals surface area contributed by atoms with Crippen LogP contribution in [0.4, 0.5) is 0 Å². The van der Waals surface area contributed by atoms with E-state index in [0.29, 0.717) is 9.37 Å². The highest BCUT2D eigenvalue weighted by Gasteiger charge is 2.42. The molecule has 5 heteroatoms. The molecule has 0 aliphatic carbocycles. The molecule has 1 saturated heterocycles. The third-order valence-corrected chi connectivity index (χ3v) is 6.63. The van der Waals surface area contributed by atoms with E-state index in [2.05, 4.69) is 22.0 Å². The third-order valence-electron chi connectivity index (χ3n) is 3.64. The number of sulfonamides is 1. The van der Waals surface area contributed by atoms with E-state index in [1.165, 1.54) is 0 Å². The normalized spacial score (nSPS) is 27.6. The molecule has 0 spiro atoms. The summed E-state index contributed by atoms with van der Waals surface area (Å²) in [6, 6.07) is 7.21. The number of benzene rings is 1. The minimum absolute atomic E-state index is 0.0425. The molecule has 2 unspecified atom stereocenters. The Morgan fingerprint density at radius 1 is 1.22 bits per heavy atom. The molecule has 2 heterocycles. The Kier molecular flexibility index (Phi) is 3.08. The molecule has 0 saturated carbocycles. The Balaban J connectivity index is 2.07. The van der Waals surface area contributed by atoms with E-state index < -0.39 is 10.0 Å². The summed E-state index contributed by atoms with van der Waals surface area (Å²) < 4.78 is 27.8. The zero-order valence-electron chi connectivity index (χ0n) is 9.79. The van der Waals surface area contributed by atoms with Crippen molar-refractivity contribution in [1.29, 1.82) is 0 Å². The van der Waals surface area contributed by atoms with Gasteiger partial charge in [-0.2, -0.15) is 4.31 Å². The molecule has 0 aromatic heterocycles. The summed E-state index contributed by atoms with van der Waals surface area (Å²) >= 11 is 3.34. The van der Waals surface area contributed by atoms with Crippen molar-refractivity contribution in [3.8, 4) is 0 Å². The smallest absolute Gasteiger partial charge is 0.207 e. The summed E-state index contributed by atoms with van der Waals surface area (Å²) in [5.74, 6) is 0. The van der Waals surface area contributed by atoms with Crippen LogP contribution >= 0.6 is 15.9 Å². The molecule has 0 radical (unpaired) electrons. The van der Waals surface area contributed by atoms with Crippen molar-refractivity contribution in [2.75, 3.05) is 0 Å². The topological polar surface area (TPSA) is 37.4 Å². The summed E-state index contributed by atoms with van der Waals surface area (Å²) in [7, 11) is -3.39. The molecule has 96 valence electrons. The maximum absolute atomic E-state index is 12.7. The highest BCUT2D eigenvalue weighted by Crippen LogP contribution is 2.37. The lowest BCUT2D eigenvalue weighted by atomic mass is 10.2. The number of hydrogen-bond acceptors (Lipinski definition) is 2. The molecule has 18 heavy (non-hydrogen) atoms. The van der Waals surface area contributed by atoms with Crippen LogP contribution in [0.3, 0.4) is 0 Å². The highest BCUT2D eigenvalue weighted by molar-refractivity contribution is 9.10. The van der Waals surface area contributed by atoms with E-state index in [4.69, 9.17) is 0 Å². The van der Waals surface area contributed by atoms with Gasteiger partial charge in [0.25, 0.3) is 0 Å². The quantitative estimate of drug-likeness (QED) is 0.783. The van der Waals surface area contributed by atoms with Gasteiger partial charge in [0.2, 0.25) is 10.0 Å². The molecule has 0 amide bonds. The van der Waals surface area contributed by atoms with Gasteiger partial charge in [-0.15, -0.1) is 0 Å². The predicted octanol–water partition coefficient (Wildman–Crippen LogP) is 2.93. The molecule has 1 fully saturated rings. The lowest BCUT2D eigenvalue weighted by Gasteiger charge is -2.30. The van der Waals surface area contributed by atoms with Crippen molar-refractivity contribution in [1.82, 2.24) is 4.31 Å². The zero-order chi connectivity index (χ0) is 12.8. The average Bonchev–Trinajstić information content (AvgIpc) is 2.62. The van der Waals surface area contributed by atoms with Gasteiger partial charge in [-0.25, -0.2) is 8.42 Å². The van der Waals surface area contributed by atoms with Gasteiger partial charge in [0.05, 0.1) is 4.90 Å². The van der Waals surface area contributed by atoms with Gasteiger partial charge >= 0.3 is 0 Å². The molecule has 2 aliphatic rings. The first-order chi connectivity index (χ1) is 8.60. The molecule has 3 nitrogen and oxygen atoms in total. The summed E-state index contributed by atoms with van der Waals surface area (Å²) in [5.41, 5.74) is 0. The molecule has 3 rings (SSSR count). The average molecular weight is 328 g/mol. The molecule has 2 aliphatic heterocycles. The van der Waals surface area contributed by atoms with E-state index in [-0.39, 0.29) is 12.1 Å². The molecule has 0 N–H and O–H groups in total. The van der Waals surface area contributed by atoms with Crippen molar-refractivity contribution in [2.45, 2.75) is 36.2 Å². The molecular formula is C13H14BrNO2S. The second kappa shape index (κ2) is 4.47. The number of fused-ring (bicyclic) bond motifs is 2. The van der Waals surface area contributed by atoms with Crippen molar-refractivity contribution >= 4 is 26.0 Å². The van der Waals surface area contributed by atoms with Crippen molar-refractivity contribution in [3.05, 3.63) is 40.9 Å². The van der Waals surface area contributed by atoms with E-state index in [1.54, 1.807) is 22.5 Å². The highest BCUT2D eigenvalue weighted by atomic mass is 79.9. The second-order valence-corrected chi connectivity index (χ2v) is 7.39. The second-order valence-electron chi connectivity index (χ2n) is 4.73. The monoisotopic (exact) mass is 327 g/mol. The SMILES string of the molecule is O=S(=O)(c1ccccc1Br)N1C2C=CCC1CC2. The summed E-state index contributed by atoms with van der Waals surface area (Å²) in [6.07, 6.45) is 6.86. The van der Waals surface area contributed by atoms with Gasteiger partial charge in [0, 0.05) is 16.6 Å². The van der Waals surface area contributed by atoms with Gasteiger partial charge in [-0.3, -0.25) is 0 Å². The van der Waals surface area contributed by atoms with Gasteiger partial charge in [0.1, 0.15) is 0 Å². The van der Waals surface area contributed by atoms with E-state index in [9.17, 15) is 8.42 Å². The first-order valence-corrected chi connectivity index (χ1v) is 8.29. The van der Waals surface area contributed by atoms with Crippen LogP contribution in [0.2, 0.25) is 0 Å². The first-order valence-electron chi connectivity index (χ1n) is 6.05. The third kappa shape index (κ3) is 1.85. The van der Waals surface area contributed by atoms with Crippen LogP contribution in [0.25, 0.3) is 0 Å². The fourth-order valence-electron chi connectivity index (χ4n) is 2.83. The van der Waals surface area contributed by atoms with Crippen molar-refractivity contribution in [2.24, 2.45) is 0 Å². The van der Waals surface area contributed by atoms with E-state index in [1.807, 2.05) is 12.1 Å². The van der Waals surface area contributed by atoms with Gasteiger partial charge < -0.3 is 0 Å². The number of rotatable bonds is 2. The molecule has 1 aromatic carbocycles. The predicted molar refractivity (Wildman–Crippen MR) is 73.7 cm³/mol. The summed E-state index contributed by atoms with van der Waals surface area (Å²) in [5, 5.41) is 0. The van der Waals surface area contributed by atoms with Crippen molar-refractivity contribution in [3.63, 3.8) is 0 Å². The number of hydrogen-bond donors (Lipinski definition) is 0. The maximum atomic E-state index is 12.7. The Morgan fingerprint density at radius 3 is 2.72 bits per heavy atom. The minimum atomic E-state index is -3.39. The van der Waals surface area contributed by atoms with Crippen LogP contribution in [-0.4, -0.2) is 24.8 Å². The van der Waals surface area contributed by atoms with Crippen LogP contribution in [-0.2, 0) is 10.0 Å². The van der Waals surface area contributed by atoms with Gasteiger partial charge in [-0.05, 0) is 47.3 Å². The van der Waals surface area contributed by atoms with E-state index >= 15 is 0 Å². The molecule has 2 bridgehead atoms.